The van der Waals surface area contributed by atoms with Gasteiger partial charge in [-0.3, -0.25) is 0 Å². The second-order valence-corrected chi connectivity index (χ2v) is 24.6. The van der Waals surface area contributed by atoms with Crippen LogP contribution in [0.2, 0.25) is 20.6 Å². The van der Waals surface area contributed by atoms with E-state index < -0.39 is 46.8 Å². The van der Waals surface area contributed by atoms with Gasteiger partial charge in [-0.15, -0.1) is 0 Å². The molecule has 21 nitrogen and oxygen atoms in total. The summed E-state index contributed by atoms with van der Waals surface area (Å²) in [5.41, 5.74) is -2.65. The highest BCUT2D eigenvalue weighted by molar-refractivity contribution is 6.31. The minimum atomic E-state index is -0.809. The van der Waals surface area contributed by atoms with Gasteiger partial charge in [0.25, 0.3) is 0 Å². The lowest BCUT2D eigenvalue weighted by Crippen LogP contribution is -2.45. The summed E-state index contributed by atoms with van der Waals surface area (Å²) in [6, 6.07) is 0. The number of nitrogens with one attached hydrogen (secondary N) is 2. The first-order valence-corrected chi connectivity index (χ1v) is 26.3. The number of ether oxygens (including phenoxy) is 4. The van der Waals surface area contributed by atoms with Crippen molar-refractivity contribution < 1.29 is 48.3 Å². The first-order chi connectivity index (χ1) is 34.8. The third-order valence-corrected chi connectivity index (χ3v) is 13.3. The van der Waals surface area contributed by atoms with Crippen molar-refractivity contribution in [3.8, 4) is 0 Å². The Bertz CT molecular complexity index is 2250. The van der Waals surface area contributed by atoms with Crippen LogP contribution >= 0.6 is 46.4 Å². The smallest absolute Gasteiger partial charge is 0.419 e. The lowest BCUT2D eigenvalue weighted by atomic mass is 10.2. The number of rotatable bonds is 6. The van der Waals surface area contributed by atoms with Gasteiger partial charge in [-0.25, -0.2) is 59.3 Å². The lowest BCUT2D eigenvalue weighted by Gasteiger charge is -2.29. The molecule has 4 amide bonds. The number of halogens is 4. The Morgan fingerprint density at radius 1 is 0.520 bits per heavy atom. The largest absolute Gasteiger partial charge is 0.443 e. The summed E-state index contributed by atoms with van der Waals surface area (Å²) in [5, 5.41) is 24.5. The van der Waals surface area contributed by atoms with Gasteiger partial charge >= 0.3 is 24.4 Å². The molecule has 0 aromatic carbocycles. The number of fused-ring (bicyclic) bond motifs is 3. The number of aromatic nitrogens is 6. The highest BCUT2D eigenvalue weighted by Crippen LogP contribution is 2.53. The number of nitrogens with zero attached hydrogens (tertiary/aromatic N) is 9. The van der Waals surface area contributed by atoms with E-state index in [2.05, 4.69) is 45.0 Å². The van der Waals surface area contributed by atoms with E-state index in [0.29, 0.717) is 75.9 Å². The number of imide groups is 2. The number of amides is 4. The van der Waals surface area contributed by atoms with Gasteiger partial charge in [0.05, 0.1) is 37.2 Å². The second-order valence-electron chi connectivity index (χ2n) is 23.1. The first kappa shape index (κ1) is 61.2. The number of alkyl carbamates (subject to hydrolysis) is 2. The molecule has 25 heteroatoms. The summed E-state index contributed by atoms with van der Waals surface area (Å²) >= 11 is 22.2. The number of aliphatic hydroxyl groups excluding tert-OH is 2. The summed E-state index contributed by atoms with van der Waals surface area (Å²) in [7, 11) is 0. The van der Waals surface area contributed by atoms with Crippen molar-refractivity contribution in [2.24, 2.45) is 53.3 Å². The van der Waals surface area contributed by atoms with E-state index in [0.717, 1.165) is 67.6 Å². The van der Waals surface area contributed by atoms with E-state index >= 15 is 0 Å². The number of piperidine rings is 3. The Kier molecular flexibility index (Phi) is 21.0. The van der Waals surface area contributed by atoms with Gasteiger partial charge < -0.3 is 44.3 Å². The van der Waals surface area contributed by atoms with Gasteiger partial charge in [0.15, 0.2) is 0 Å². The molecule has 9 rings (SSSR count). The number of carbonyl (C=O) groups excluding carboxylic acids is 4. The average Bonchev–Trinajstić information content (AvgIpc) is 4.08. The monoisotopic (exact) mass is 1130 g/mol. The number of anilines is 2. The molecule has 3 unspecified atom stereocenters. The fourth-order valence-corrected chi connectivity index (χ4v) is 9.42. The molecule has 3 aliphatic carbocycles. The van der Waals surface area contributed by atoms with Crippen LogP contribution in [-0.2, 0) is 18.9 Å². The zero-order valence-corrected chi connectivity index (χ0v) is 47.7. The maximum atomic E-state index is 12.6. The van der Waals surface area contributed by atoms with Crippen molar-refractivity contribution >= 4 is 82.4 Å². The van der Waals surface area contributed by atoms with Crippen LogP contribution in [0.4, 0.5) is 30.8 Å². The summed E-state index contributed by atoms with van der Waals surface area (Å²) in [4.78, 5) is 76.9. The minimum Gasteiger partial charge on any atom is -0.443 e. The van der Waals surface area contributed by atoms with E-state index in [1.165, 1.54) is 18.6 Å². The van der Waals surface area contributed by atoms with Gasteiger partial charge in [-0.05, 0) is 149 Å². The lowest BCUT2D eigenvalue weighted by molar-refractivity contribution is -0.0000739. The third-order valence-electron chi connectivity index (χ3n) is 12.5. The summed E-state index contributed by atoms with van der Waals surface area (Å²) in [6.07, 6.45) is 6.31. The van der Waals surface area contributed by atoms with Crippen LogP contribution < -0.4 is 20.4 Å². The minimum absolute atomic E-state index is 0.228. The highest BCUT2D eigenvalue weighted by atomic mass is 35.5. The molecule has 3 saturated carbocycles. The number of hydrogen-bond donors (Lipinski definition) is 4. The summed E-state index contributed by atoms with van der Waals surface area (Å²) in [6.45, 7) is 27.8. The van der Waals surface area contributed by atoms with Crippen LogP contribution in [0.25, 0.3) is 0 Å². The topological polar surface area (TPSA) is 257 Å². The molecule has 6 heterocycles. The van der Waals surface area contributed by atoms with Gasteiger partial charge in [-0.2, -0.15) is 0 Å². The normalized spacial score (nSPS) is 24.5. The van der Waals surface area contributed by atoms with Crippen molar-refractivity contribution in [3.63, 3.8) is 0 Å². The zero-order chi connectivity index (χ0) is 55.8. The summed E-state index contributed by atoms with van der Waals surface area (Å²) < 4.78 is 20.6. The SMILES string of the molecule is CC(C)(C)OC(=O)N(CC1[C@H]2CN(c3cnc(Cl)cn3)C[C@@H]12)C(=O)OC(C)(C)C.CC(C)(C)OC(=O)NC(=O)OC(C)(C)C.Clc1cnc(Cl)cn1.OCC1[C@H]2CN(c3cnc(Cl)cn3)C[C@@H]12.OCC1[C@H]2CNC[C@@H]12. The molecule has 3 aromatic heterocycles. The Balaban J connectivity index is 0.000000190. The van der Waals surface area contributed by atoms with Crippen molar-refractivity contribution in [1.29, 1.82) is 0 Å². The van der Waals surface area contributed by atoms with E-state index in [4.69, 9.17) is 75.6 Å². The maximum absolute atomic E-state index is 12.6. The Labute approximate surface area is 459 Å². The molecule has 3 aliphatic heterocycles. The maximum Gasteiger partial charge on any atom is 0.419 e. The van der Waals surface area contributed by atoms with Gasteiger partial charge in [0.2, 0.25) is 0 Å². The van der Waals surface area contributed by atoms with Crippen LogP contribution in [0.3, 0.4) is 0 Å². The fraction of sp³-hybridized carbons (Fsp3) is 0.680. The van der Waals surface area contributed by atoms with E-state index in [1.54, 1.807) is 102 Å². The fourth-order valence-electron chi connectivity index (χ4n) is 9.03. The van der Waals surface area contributed by atoms with Crippen LogP contribution in [0.5, 0.6) is 0 Å². The van der Waals surface area contributed by atoms with Gasteiger partial charge in [-0.1, -0.05) is 46.4 Å². The molecular formula is C50H73Cl4N11O10. The standard InChI is InChI=1S/C20H29ClN4O4.C10H12ClN3O.C10H19NO4.C6H11NO.C4H2Cl2N2/c1-19(2,3)28-17(26)25(18(27)29-20(4,5)6)11-14-12-9-24(10-13(12)14)16-8-22-15(21)7-23-16;11-9-1-13-10(2-12-9)14-3-6-7(4-14)8(6)5-15;1-9(2,3)14-7(12)11-8(13)15-10(4,5)6;8-3-6-4-1-7-2-5(4)6;5-3-1-7-4(6)2-8-3/h7-8,12-14H,9-11H2,1-6H3;1-2,6-8,15H,3-5H2;1-6H3,(H,11,12,13);4-8H,1-3H2;1-2H/t12-,13+,14?;6-,7+,8?;;4-,5+,6?;. The Hall–Kier alpha value is -4.64. The molecule has 6 fully saturated rings. The van der Waals surface area contributed by atoms with Crippen molar-refractivity contribution in [3.05, 3.63) is 57.8 Å². The van der Waals surface area contributed by atoms with Crippen molar-refractivity contribution in [1.82, 2.24) is 45.4 Å². The zero-order valence-electron chi connectivity index (χ0n) is 44.7. The molecule has 0 bridgehead atoms. The molecule has 0 spiro atoms. The quantitative estimate of drug-likeness (QED) is 0.169. The van der Waals surface area contributed by atoms with E-state index in [-0.39, 0.29) is 5.92 Å². The first-order valence-electron chi connectivity index (χ1n) is 24.8. The molecule has 6 aliphatic rings. The summed E-state index contributed by atoms with van der Waals surface area (Å²) in [5.74, 6) is 6.86. The number of hydrogen-bond acceptors (Lipinski definition) is 19. The predicted molar refractivity (Wildman–Crippen MR) is 284 cm³/mol. The van der Waals surface area contributed by atoms with Crippen LogP contribution in [0.1, 0.15) is 83.1 Å². The molecule has 0 radical (unpaired) electrons. The van der Waals surface area contributed by atoms with Gasteiger partial charge in [0, 0.05) is 45.9 Å². The van der Waals surface area contributed by atoms with Crippen LogP contribution in [0, 0.1) is 53.3 Å². The number of aliphatic hydroxyl groups is 2. The molecule has 3 saturated heterocycles. The molecule has 75 heavy (non-hydrogen) atoms. The molecule has 416 valence electrons. The molecular weight excluding hydrogens is 1060 g/mol. The Morgan fingerprint density at radius 2 is 0.827 bits per heavy atom. The molecule has 4 N–H and O–H groups in total. The van der Waals surface area contributed by atoms with Crippen LogP contribution in [-0.4, -0.2) is 151 Å². The van der Waals surface area contributed by atoms with Gasteiger partial charge in [0.1, 0.15) is 54.7 Å². The highest BCUT2D eigenvalue weighted by Gasteiger charge is 2.58. The van der Waals surface area contributed by atoms with Crippen molar-refractivity contribution in [2.45, 2.75) is 105 Å². The van der Waals surface area contributed by atoms with Crippen molar-refractivity contribution in [2.75, 3.05) is 68.8 Å². The molecule has 3 aromatic rings. The number of carbonyl (C=O) groups is 4. The van der Waals surface area contributed by atoms with E-state index in [9.17, 15) is 19.2 Å². The second kappa shape index (κ2) is 25.7. The molecule has 9 atom stereocenters. The predicted octanol–water partition coefficient (Wildman–Crippen LogP) is 8.46. The van der Waals surface area contributed by atoms with E-state index in [1.807, 2.05) is 5.32 Å². The third kappa shape index (κ3) is 20.0. The Morgan fingerprint density at radius 3 is 1.11 bits per heavy atom. The average molecular weight is 1130 g/mol. The van der Waals surface area contributed by atoms with Crippen LogP contribution in [0.15, 0.2) is 37.2 Å².